The van der Waals surface area contributed by atoms with Gasteiger partial charge in [-0.15, -0.1) is 0 Å². The van der Waals surface area contributed by atoms with Gasteiger partial charge in [-0.1, -0.05) is 17.7 Å². The number of amides is 1. The second kappa shape index (κ2) is 7.17. The number of imidazole rings is 1. The summed E-state index contributed by atoms with van der Waals surface area (Å²) in [5.41, 5.74) is 3.54. The lowest BCUT2D eigenvalue weighted by atomic mass is 10.1. The zero-order valence-corrected chi connectivity index (χ0v) is 14.0. The molecule has 0 unspecified atom stereocenters. The van der Waals surface area contributed by atoms with Crippen molar-refractivity contribution >= 4 is 11.6 Å². The van der Waals surface area contributed by atoms with Crippen molar-refractivity contribution in [2.75, 3.05) is 13.2 Å². The Bertz CT molecular complexity index is 837. The first-order valence-electron chi connectivity index (χ1n) is 8.11. The van der Waals surface area contributed by atoms with Crippen LogP contribution in [0.1, 0.15) is 28.5 Å². The number of hydrogen-bond donors (Lipinski definition) is 1. The first kappa shape index (κ1) is 16.1. The molecule has 0 atom stereocenters. The lowest BCUT2D eigenvalue weighted by Crippen LogP contribution is -2.25. The van der Waals surface area contributed by atoms with Crippen LogP contribution in [0.4, 0.5) is 0 Å². The molecular weight excluding hydrogens is 302 g/mol. The molecule has 5 nitrogen and oxygen atoms in total. The summed E-state index contributed by atoms with van der Waals surface area (Å²) in [6.45, 7) is 5.10. The van der Waals surface area contributed by atoms with E-state index in [0.29, 0.717) is 25.1 Å². The largest absolute Gasteiger partial charge is 0.490 e. The van der Waals surface area contributed by atoms with E-state index in [4.69, 9.17) is 4.74 Å². The van der Waals surface area contributed by atoms with Crippen molar-refractivity contribution in [2.45, 2.75) is 20.3 Å². The zero-order valence-electron chi connectivity index (χ0n) is 14.0. The van der Waals surface area contributed by atoms with Crippen LogP contribution in [-0.2, 0) is 6.42 Å². The molecular formula is C19H21N3O2. The van der Waals surface area contributed by atoms with Crippen molar-refractivity contribution in [1.29, 1.82) is 0 Å². The third kappa shape index (κ3) is 3.56. The molecule has 5 heteroatoms. The van der Waals surface area contributed by atoms with Gasteiger partial charge in [0.25, 0.3) is 5.91 Å². The molecule has 0 bridgehead atoms. The number of nitrogens with one attached hydrogen (secondary N) is 1. The summed E-state index contributed by atoms with van der Waals surface area (Å²) >= 11 is 0. The van der Waals surface area contributed by atoms with Crippen LogP contribution in [0.15, 0.2) is 48.8 Å². The number of benzene rings is 1. The summed E-state index contributed by atoms with van der Waals surface area (Å²) in [6, 6.07) is 11.4. The highest BCUT2D eigenvalue weighted by Crippen LogP contribution is 2.19. The molecule has 0 saturated heterocycles. The topological polar surface area (TPSA) is 55.6 Å². The van der Waals surface area contributed by atoms with Crippen molar-refractivity contribution < 1.29 is 9.53 Å². The number of carbonyl (C=O) groups is 1. The van der Waals surface area contributed by atoms with E-state index >= 15 is 0 Å². The molecule has 0 spiro atoms. The summed E-state index contributed by atoms with van der Waals surface area (Å²) in [5.74, 6) is 0.712. The number of pyridine rings is 1. The minimum atomic E-state index is -0.0613. The van der Waals surface area contributed by atoms with Crippen LogP contribution >= 0.6 is 0 Å². The average Bonchev–Trinajstić information content (AvgIpc) is 2.99. The lowest BCUT2D eigenvalue weighted by molar-refractivity contribution is 0.0954. The van der Waals surface area contributed by atoms with Crippen LogP contribution < -0.4 is 10.1 Å². The molecule has 2 heterocycles. The van der Waals surface area contributed by atoms with Crippen LogP contribution in [0, 0.1) is 6.92 Å². The Morgan fingerprint density at radius 1 is 1.25 bits per heavy atom. The Morgan fingerprint density at radius 3 is 2.79 bits per heavy atom. The van der Waals surface area contributed by atoms with Gasteiger partial charge in [-0.05, 0) is 38.1 Å². The van der Waals surface area contributed by atoms with E-state index in [1.54, 1.807) is 0 Å². The Morgan fingerprint density at radius 2 is 2.04 bits per heavy atom. The normalized spacial score (nSPS) is 10.8. The number of nitrogens with zero attached hydrogens (tertiary/aromatic N) is 2. The summed E-state index contributed by atoms with van der Waals surface area (Å²) in [4.78, 5) is 16.7. The van der Waals surface area contributed by atoms with Gasteiger partial charge in [0.15, 0.2) is 11.4 Å². The molecule has 0 radical (unpaired) electrons. The van der Waals surface area contributed by atoms with E-state index < -0.39 is 0 Å². The Hall–Kier alpha value is -2.82. The number of ether oxygens (including phenoxy) is 1. The van der Waals surface area contributed by atoms with Gasteiger partial charge >= 0.3 is 0 Å². The molecule has 3 rings (SSSR count). The van der Waals surface area contributed by atoms with Crippen LogP contribution in [-0.4, -0.2) is 28.4 Å². The second-order valence-electron chi connectivity index (χ2n) is 5.64. The number of fused-ring (bicyclic) bond motifs is 1. The molecule has 124 valence electrons. The minimum absolute atomic E-state index is 0.0613. The molecule has 24 heavy (non-hydrogen) atoms. The van der Waals surface area contributed by atoms with E-state index in [1.807, 2.05) is 67.0 Å². The molecule has 0 saturated carbocycles. The fraction of sp³-hybridized carbons (Fsp3) is 0.263. The lowest BCUT2D eigenvalue weighted by Gasteiger charge is -2.04. The van der Waals surface area contributed by atoms with Gasteiger partial charge in [0.1, 0.15) is 0 Å². The van der Waals surface area contributed by atoms with Gasteiger partial charge in [0.2, 0.25) is 0 Å². The summed E-state index contributed by atoms with van der Waals surface area (Å²) in [5, 5.41) is 2.93. The van der Waals surface area contributed by atoms with Crippen LogP contribution in [0.2, 0.25) is 0 Å². The molecule has 3 aromatic rings. The zero-order chi connectivity index (χ0) is 16.9. The predicted molar refractivity (Wildman–Crippen MR) is 93.6 cm³/mol. The predicted octanol–water partition coefficient (Wildman–Crippen LogP) is 3.01. The van der Waals surface area contributed by atoms with Crippen molar-refractivity contribution in [1.82, 2.24) is 14.7 Å². The van der Waals surface area contributed by atoms with Gasteiger partial charge < -0.3 is 14.5 Å². The third-order valence-corrected chi connectivity index (χ3v) is 3.78. The maximum absolute atomic E-state index is 12.1. The van der Waals surface area contributed by atoms with E-state index in [9.17, 15) is 4.79 Å². The van der Waals surface area contributed by atoms with Gasteiger partial charge in [-0.25, -0.2) is 4.98 Å². The molecule has 0 aliphatic rings. The molecule has 0 fully saturated rings. The highest BCUT2D eigenvalue weighted by atomic mass is 16.5. The molecule has 0 aliphatic carbocycles. The Balaban J connectivity index is 1.62. The average molecular weight is 323 g/mol. The van der Waals surface area contributed by atoms with E-state index in [2.05, 4.69) is 10.3 Å². The molecule has 0 aliphatic heterocycles. The quantitative estimate of drug-likeness (QED) is 0.758. The monoisotopic (exact) mass is 323 g/mol. The molecule has 2 aromatic heterocycles. The third-order valence-electron chi connectivity index (χ3n) is 3.78. The van der Waals surface area contributed by atoms with Crippen molar-refractivity contribution in [2.24, 2.45) is 0 Å². The van der Waals surface area contributed by atoms with Crippen LogP contribution in [0.5, 0.6) is 5.75 Å². The van der Waals surface area contributed by atoms with Gasteiger partial charge in [-0.3, -0.25) is 4.79 Å². The van der Waals surface area contributed by atoms with Gasteiger partial charge in [-0.2, -0.15) is 0 Å². The minimum Gasteiger partial charge on any atom is -0.490 e. The van der Waals surface area contributed by atoms with E-state index in [-0.39, 0.29) is 5.91 Å². The smallest absolute Gasteiger partial charge is 0.251 e. The van der Waals surface area contributed by atoms with Gasteiger partial charge in [0.05, 0.1) is 12.3 Å². The fourth-order valence-electron chi connectivity index (χ4n) is 2.54. The van der Waals surface area contributed by atoms with Crippen molar-refractivity contribution in [3.8, 4) is 5.75 Å². The van der Waals surface area contributed by atoms with Crippen molar-refractivity contribution in [3.63, 3.8) is 0 Å². The van der Waals surface area contributed by atoms with E-state index in [1.165, 1.54) is 0 Å². The fourth-order valence-corrected chi connectivity index (χ4v) is 2.54. The van der Waals surface area contributed by atoms with E-state index in [0.717, 1.165) is 22.7 Å². The van der Waals surface area contributed by atoms with Crippen LogP contribution in [0.3, 0.4) is 0 Å². The van der Waals surface area contributed by atoms with Gasteiger partial charge in [0, 0.05) is 30.9 Å². The number of carbonyl (C=O) groups excluding carboxylic acids is 1. The second-order valence-corrected chi connectivity index (χ2v) is 5.64. The van der Waals surface area contributed by atoms with Crippen LogP contribution in [0.25, 0.3) is 5.65 Å². The Kier molecular flexibility index (Phi) is 4.79. The molecule has 1 N–H and O–H groups in total. The first-order valence-corrected chi connectivity index (χ1v) is 8.11. The highest BCUT2D eigenvalue weighted by molar-refractivity contribution is 5.94. The number of rotatable bonds is 6. The number of aromatic nitrogens is 2. The Labute approximate surface area is 141 Å². The van der Waals surface area contributed by atoms with Crippen molar-refractivity contribution in [3.05, 3.63) is 65.6 Å². The maximum Gasteiger partial charge on any atom is 0.251 e. The maximum atomic E-state index is 12.1. The summed E-state index contributed by atoms with van der Waals surface area (Å²) in [7, 11) is 0. The highest BCUT2D eigenvalue weighted by Gasteiger charge is 2.08. The number of aryl methyl sites for hydroxylation is 1. The standard InChI is InChI=1S/C19H21N3O2/c1-3-24-17-5-4-12-22-13-16(21-18(17)22)10-11-20-19(23)15-8-6-14(2)7-9-15/h4-9,12-13H,3,10-11H2,1-2H3,(H,20,23). The summed E-state index contributed by atoms with van der Waals surface area (Å²) in [6.07, 6.45) is 4.58. The molecule has 1 aromatic carbocycles. The SMILES string of the molecule is CCOc1cccn2cc(CCNC(=O)c3ccc(C)cc3)nc12. The molecule has 1 amide bonds. The summed E-state index contributed by atoms with van der Waals surface area (Å²) < 4.78 is 7.54. The first-order chi connectivity index (χ1) is 11.7. The number of hydrogen-bond acceptors (Lipinski definition) is 3.